The summed E-state index contributed by atoms with van der Waals surface area (Å²) >= 11 is 0. The highest BCUT2D eigenvalue weighted by atomic mass is 14.9. The summed E-state index contributed by atoms with van der Waals surface area (Å²) in [5.41, 5.74) is 0. The van der Waals surface area contributed by atoms with Gasteiger partial charge in [-0.3, -0.25) is 0 Å². The molecule has 0 aliphatic carbocycles. The van der Waals surface area contributed by atoms with E-state index in [-0.39, 0.29) is 0 Å². The number of rotatable bonds is 12. The first-order chi connectivity index (χ1) is 8.35. The van der Waals surface area contributed by atoms with Crippen LogP contribution in [-0.4, -0.2) is 12.6 Å². The van der Waals surface area contributed by atoms with Crippen LogP contribution in [0.25, 0.3) is 0 Å². The molecule has 0 heterocycles. The van der Waals surface area contributed by atoms with E-state index in [4.69, 9.17) is 6.42 Å². The van der Waals surface area contributed by atoms with Gasteiger partial charge in [-0.1, -0.05) is 71.1 Å². The van der Waals surface area contributed by atoms with Crippen molar-refractivity contribution in [2.45, 2.75) is 84.1 Å². The van der Waals surface area contributed by atoms with Crippen LogP contribution < -0.4 is 5.32 Å². The van der Waals surface area contributed by atoms with Crippen LogP contribution in [0.15, 0.2) is 0 Å². The third-order valence-corrected chi connectivity index (χ3v) is 3.22. The van der Waals surface area contributed by atoms with Crippen molar-refractivity contribution in [3.63, 3.8) is 0 Å². The van der Waals surface area contributed by atoms with Gasteiger partial charge in [0, 0.05) is 0 Å². The zero-order valence-corrected chi connectivity index (χ0v) is 11.9. The maximum Gasteiger partial charge on any atom is 0.0686 e. The summed E-state index contributed by atoms with van der Waals surface area (Å²) in [6, 6.07) is 0.303. The number of terminal acetylenes is 1. The second-order valence-electron chi connectivity index (χ2n) is 4.94. The standard InChI is InChI=1S/C16H31N/c1-4-7-9-10-11-12-13-14-16(6-3)17-15-8-5-2/h3,16-17H,4-5,7-15H2,1-2H3/t16-/m0/s1. The van der Waals surface area contributed by atoms with Gasteiger partial charge >= 0.3 is 0 Å². The van der Waals surface area contributed by atoms with E-state index >= 15 is 0 Å². The molecule has 0 aromatic carbocycles. The Morgan fingerprint density at radius 1 is 0.882 bits per heavy atom. The Bertz CT molecular complexity index is 180. The molecule has 0 aliphatic heterocycles. The monoisotopic (exact) mass is 237 g/mol. The summed E-state index contributed by atoms with van der Waals surface area (Å²) < 4.78 is 0. The minimum Gasteiger partial charge on any atom is -0.304 e. The maximum absolute atomic E-state index is 5.52. The van der Waals surface area contributed by atoms with Gasteiger partial charge in [0.25, 0.3) is 0 Å². The van der Waals surface area contributed by atoms with Crippen molar-refractivity contribution in [1.82, 2.24) is 5.32 Å². The smallest absolute Gasteiger partial charge is 0.0686 e. The van der Waals surface area contributed by atoms with Gasteiger partial charge in [0.15, 0.2) is 0 Å². The lowest BCUT2D eigenvalue weighted by Crippen LogP contribution is -2.28. The Hall–Kier alpha value is -0.480. The topological polar surface area (TPSA) is 12.0 Å². The van der Waals surface area contributed by atoms with Crippen molar-refractivity contribution in [2.75, 3.05) is 6.54 Å². The lowest BCUT2D eigenvalue weighted by Gasteiger charge is -2.12. The number of hydrogen-bond acceptors (Lipinski definition) is 1. The van der Waals surface area contributed by atoms with E-state index in [1.807, 2.05) is 0 Å². The van der Waals surface area contributed by atoms with Gasteiger partial charge in [0.05, 0.1) is 6.04 Å². The fourth-order valence-electron chi connectivity index (χ4n) is 2.00. The molecule has 0 aromatic heterocycles. The van der Waals surface area contributed by atoms with E-state index in [0.29, 0.717) is 6.04 Å². The SMILES string of the molecule is C#C[C@@H](CCCCCCCCC)NCCCC. The minimum absolute atomic E-state index is 0.303. The van der Waals surface area contributed by atoms with E-state index in [0.717, 1.165) is 13.0 Å². The summed E-state index contributed by atoms with van der Waals surface area (Å²) in [5.74, 6) is 2.86. The molecule has 0 radical (unpaired) electrons. The first-order valence-electron chi connectivity index (χ1n) is 7.54. The van der Waals surface area contributed by atoms with Gasteiger partial charge in [0.1, 0.15) is 0 Å². The Kier molecular flexibility index (Phi) is 13.2. The molecule has 17 heavy (non-hydrogen) atoms. The summed E-state index contributed by atoms with van der Waals surface area (Å²) in [7, 11) is 0. The molecule has 0 fully saturated rings. The average molecular weight is 237 g/mol. The maximum atomic E-state index is 5.52. The quantitative estimate of drug-likeness (QED) is 0.389. The van der Waals surface area contributed by atoms with E-state index in [9.17, 15) is 0 Å². The van der Waals surface area contributed by atoms with Crippen molar-refractivity contribution in [3.05, 3.63) is 0 Å². The highest BCUT2D eigenvalue weighted by molar-refractivity contribution is 4.98. The van der Waals surface area contributed by atoms with Gasteiger partial charge in [0.2, 0.25) is 0 Å². The van der Waals surface area contributed by atoms with Crippen LogP contribution in [-0.2, 0) is 0 Å². The van der Waals surface area contributed by atoms with Crippen LogP contribution in [0.2, 0.25) is 0 Å². The zero-order chi connectivity index (χ0) is 12.8. The Labute approximate surface area is 109 Å². The van der Waals surface area contributed by atoms with E-state index in [1.54, 1.807) is 0 Å². The molecule has 1 N–H and O–H groups in total. The minimum atomic E-state index is 0.303. The van der Waals surface area contributed by atoms with E-state index < -0.39 is 0 Å². The molecule has 0 amide bonds. The van der Waals surface area contributed by atoms with E-state index in [1.165, 1.54) is 57.8 Å². The van der Waals surface area contributed by atoms with Crippen LogP contribution in [0.5, 0.6) is 0 Å². The Morgan fingerprint density at radius 3 is 2.06 bits per heavy atom. The highest BCUT2D eigenvalue weighted by Gasteiger charge is 2.02. The molecule has 0 spiro atoms. The molecule has 0 aromatic rings. The molecular formula is C16H31N. The van der Waals surface area contributed by atoms with Crippen LogP contribution in [0.3, 0.4) is 0 Å². The second kappa shape index (κ2) is 13.6. The molecule has 1 nitrogen and oxygen atoms in total. The van der Waals surface area contributed by atoms with Crippen molar-refractivity contribution in [3.8, 4) is 12.3 Å². The van der Waals surface area contributed by atoms with Crippen LogP contribution in [0.1, 0.15) is 78.1 Å². The van der Waals surface area contributed by atoms with Gasteiger partial charge in [-0.2, -0.15) is 0 Å². The van der Waals surface area contributed by atoms with Crippen molar-refractivity contribution >= 4 is 0 Å². The van der Waals surface area contributed by atoms with Gasteiger partial charge in [-0.15, -0.1) is 6.42 Å². The second-order valence-corrected chi connectivity index (χ2v) is 4.94. The summed E-state index contributed by atoms with van der Waals surface area (Å²) in [4.78, 5) is 0. The predicted molar refractivity (Wildman–Crippen MR) is 78.1 cm³/mol. The van der Waals surface area contributed by atoms with Crippen LogP contribution >= 0.6 is 0 Å². The molecule has 0 bridgehead atoms. The van der Waals surface area contributed by atoms with Crippen molar-refractivity contribution in [2.24, 2.45) is 0 Å². The fraction of sp³-hybridized carbons (Fsp3) is 0.875. The van der Waals surface area contributed by atoms with Crippen molar-refractivity contribution in [1.29, 1.82) is 0 Å². The lowest BCUT2D eigenvalue weighted by molar-refractivity contribution is 0.509. The summed E-state index contributed by atoms with van der Waals surface area (Å²) in [6.07, 6.45) is 18.7. The molecule has 0 saturated heterocycles. The fourth-order valence-corrected chi connectivity index (χ4v) is 2.00. The Balaban J connectivity index is 3.29. The molecule has 0 rings (SSSR count). The Morgan fingerprint density at radius 2 is 1.47 bits per heavy atom. The lowest BCUT2D eigenvalue weighted by atomic mass is 10.1. The predicted octanol–water partition coefficient (Wildman–Crippen LogP) is 4.52. The first kappa shape index (κ1) is 16.5. The first-order valence-corrected chi connectivity index (χ1v) is 7.54. The molecule has 0 unspecified atom stereocenters. The molecule has 1 atom stereocenters. The third kappa shape index (κ3) is 11.8. The molecule has 1 heteroatoms. The molecular weight excluding hydrogens is 206 g/mol. The molecule has 0 aliphatic rings. The van der Waals surface area contributed by atoms with Crippen LogP contribution in [0.4, 0.5) is 0 Å². The summed E-state index contributed by atoms with van der Waals surface area (Å²) in [6.45, 7) is 5.55. The number of hydrogen-bond donors (Lipinski definition) is 1. The van der Waals surface area contributed by atoms with Gasteiger partial charge in [-0.25, -0.2) is 0 Å². The van der Waals surface area contributed by atoms with E-state index in [2.05, 4.69) is 25.1 Å². The van der Waals surface area contributed by atoms with Crippen LogP contribution in [0, 0.1) is 12.3 Å². The zero-order valence-electron chi connectivity index (χ0n) is 11.9. The number of unbranched alkanes of at least 4 members (excludes halogenated alkanes) is 7. The van der Waals surface area contributed by atoms with Gasteiger partial charge in [-0.05, 0) is 19.4 Å². The molecule has 100 valence electrons. The third-order valence-electron chi connectivity index (χ3n) is 3.22. The largest absolute Gasteiger partial charge is 0.304 e. The van der Waals surface area contributed by atoms with Gasteiger partial charge < -0.3 is 5.32 Å². The molecule has 0 saturated carbocycles. The van der Waals surface area contributed by atoms with Crippen molar-refractivity contribution < 1.29 is 0 Å². The normalized spacial score (nSPS) is 12.3. The highest BCUT2D eigenvalue weighted by Crippen LogP contribution is 2.09. The summed E-state index contributed by atoms with van der Waals surface area (Å²) in [5, 5.41) is 3.45. The average Bonchev–Trinajstić information content (AvgIpc) is 2.35. The number of nitrogens with one attached hydrogen (secondary N) is 1.